The smallest absolute Gasteiger partial charge is 0.260 e. The molecule has 0 atom stereocenters. The monoisotopic (exact) mass is 247 g/mol. The summed E-state index contributed by atoms with van der Waals surface area (Å²) in [6, 6.07) is 5.42. The maximum Gasteiger partial charge on any atom is 0.260 e. The lowest BCUT2D eigenvalue weighted by Crippen LogP contribution is -2.16. The van der Waals surface area contributed by atoms with Gasteiger partial charge < -0.3 is 9.84 Å². The number of aromatic nitrogens is 2. The van der Waals surface area contributed by atoms with Crippen LogP contribution >= 0.6 is 0 Å². The summed E-state index contributed by atoms with van der Waals surface area (Å²) in [5.41, 5.74) is 1.32. The first kappa shape index (κ1) is 11.3. The zero-order valence-electron chi connectivity index (χ0n) is 10.1. The van der Waals surface area contributed by atoms with E-state index in [-0.39, 0.29) is 11.7 Å². The van der Waals surface area contributed by atoms with Gasteiger partial charge in [-0.1, -0.05) is 16.8 Å². The van der Waals surface area contributed by atoms with Gasteiger partial charge in [0, 0.05) is 6.04 Å². The van der Waals surface area contributed by atoms with E-state index in [1.165, 1.54) is 18.9 Å². The van der Waals surface area contributed by atoms with Crippen molar-refractivity contribution < 1.29 is 8.91 Å². The Morgan fingerprint density at radius 2 is 2.28 bits per heavy atom. The molecule has 1 aliphatic rings. The van der Waals surface area contributed by atoms with E-state index in [4.69, 9.17) is 4.52 Å². The maximum absolute atomic E-state index is 13.6. The SMILES string of the molecule is Cc1ccc(F)c(-c2nc(CNC3CC3)no2)c1. The Labute approximate surface area is 104 Å². The Morgan fingerprint density at radius 1 is 1.44 bits per heavy atom. The quantitative estimate of drug-likeness (QED) is 0.901. The molecule has 0 bridgehead atoms. The molecule has 1 saturated carbocycles. The average Bonchev–Trinajstić information content (AvgIpc) is 3.08. The second-order valence-electron chi connectivity index (χ2n) is 4.65. The van der Waals surface area contributed by atoms with Crippen LogP contribution in [0.2, 0.25) is 0 Å². The second kappa shape index (κ2) is 4.49. The van der Waals surface area contributed by atoms with Crippen molar-refractivity contribution in [1.29, 1.82) is 0 Å². The molecule has 0 saturated heterocycles. The van der Waals surface area contributed by atoms with Crippen molar-refractivity contribution in [2.24, 2.45) is 0 Å². The van der Waals surface area contributed by atoms with Gasteiger partial charge in [0.05, 0.1) is 12.1 Å². The van der Waals surface area contributed by atoms with Gasteiger partial charge in [-0.05, 0) is 31.9 Å². The molecule has 2 aromatic rings. The highest BCUT2D eigenvalue weighted by Gasteiger charge is 2.21. The number of nitrogens with zero attached hydrogens (tertiary/aromatic N) is 2. The van der Waals surface area contributed by atoms with Gasteiger partial charge in [0.15, 0.2) is 5.82 Å². The van der Waals surface area contributed by atoms with Crippen molar-refractivity contribution in [2.45, 2.75) is 32.4 Å². The molecule has 0 unspecified atom stereocenters. The number of hydrogen-bond donors (Lipinski definition) is 1. The van der Waals surface area contributed by atoms with Crippen molar-refractivity contribution in [1.82, 2.24) is 15.5 Å². The van der Waals surface area contributed by atoms with Crippen molar-refractivity contribution in [3.8, 4) is 11.5 Å². The minimum Gasteiger partial charge on any atom is -0.334 e. The lowest BCUT2D eigenvalue weighted by molar-refractivity contribution is 0.417. The van der Waals surface area contributed by atoms with Gasteiger partial charge in [-0.2, -0.15) is 4.98 Å². The Morgan fingerprint density at radius 3 is 3.06 bits per heavy atom. The third kappa shape index (κ3) is 2.41. The van der Waals surface area contributed by atoms with Crippen LogP contribution < -0.4 is 5.32 Å². The van der Waals surface area contributed by atoms with E-state index >= 15 is 0 Å². The van der Waals surface area contributed by atoms with Gasteiger partial charge in [-0.3, -0.25) is 0 Å². The number of hydrogen-bond acceptors (Lipinski definition) is 4. The molecule has 0 radical (unpaired) electrons. The second-order valence-corrected chi connectivity index (χ2v) is 4.65. The van der Waals surface area contributed by atoms with Gasteiger partial charge in [-0.15, -0.1) is 0 Å². The number of aryl methyl sites for hydroxylation is 1. The summed E-state index contributed by atoms with van der Waals surface area (Å²) in [7, 11) is 0. The van der Waals surface area contributed by atoms with E-state index in [1.54, 1.807) is 12.1 Å². The Balaban J connectivity index is 1.80. The fraction of sp³-hybridized carbons (Fsp3) is 0.385. The molecule has 1 aromatic heterocycles. The Bertz CT molecular complexity index is 563. The topological polar surface area (TPSA) is 51.0 Å². The van der Waals surface area contributed by atoms with Crippen LogP contribution in [0.3, 0.4) is 0 Å². The molecule has 1 heterocycles. The zero-order chi connectivity index (χ0) is 12.5. The lowest BCUT2D eigenvalue weighted by atomic mass is 10.1. The third-order valence-corrected chi connectivity index (χ3v) is 2.95. The summed E-state index contributed by atoms with van der Waals surface area (Å²) in [6.07, 6.45) is 2.41. The van der Waals surface area contributed by atoms with Crippen molar-refractivity contribution in [2.75, 3.05) is 0 Å². The Kier molecular flexibility index (Phi) is 2.83. The highest BCUT2D eigenvalue weighted by molar-refractivity contribution is 5.55. The van der Waals surface area contributed by atoms with Crippen molar-refractivity contribution in [3.63, 3.8) is 0 Å². The van der Waals surface area contributed by atoms with E-state index in [1.807, 2.05) is 6.92 Å². The molecule has 0 amide bonds. The average molecular weight is 247 g/mol. The molecule has 4 nitrogen and oxygen atoms in total. The highest BCUT2D eigenvalue weighted by Crippen LogP contribution is 2.23. The fourth-order valence-electron chi connectivity index (χ4n) is 1.76. The molecule has 3 rings (SSSR count). The van der Waals surface area contributed by atoms with E-state index in [2.05, 4.69) is 15.5 Å². The number of benzene rings is 1. The van der Waals surface area contributed by atoms with Crippen LogP contribution in [0.15, 0.2) is 22.7 Å². The van der Waals surface area contributed by atoms with Crippen molar-refractivity contribution >= 4 is 0 Å². The fourth-order valence-corrected chi connectivity index (χ4v) is 1.76. The minimum absolute atomic E-state index is 0.240. The minimum atomic E-state index is -0.342. The molecule has 0 aliphatic heterocycles. The largest absolute Gasteiger partial charge is 0.334 e. The van der Waals surface area contributed by atoms with Crippen LogP contribution in [-0.4, -0.2) is 16.2 Å². The first-order chi connectivity index (χ1) is 8.72. The molecule has 18 heavy (non-hydrogen) atoms. The van der Waals surface area contributed by atoms with Gasteiger partial charge in [0.2, 0.25) is 0 Å². The van der Waals surface area contributed by atoms with Crippen LogP contribution in [0.4, 0.5) is 4.39 Å². The van der Waals surface area contributed by atoms with Crippen LogP contribution in [0.1, 0.15) is 24.2 Å². The first-order valence-electron chi connectivity index (χ1n) is 6.05. The van der Waals surface area contributed by atoms with Crippen molar-refractivity contribution in [3.05, 3.63) is 35.4 Å². The first-order valence-corrected chi connectivity index (χ1v) is 6.05. The Hall–Kier alpha value is -1.75. The summed E-state index contributed by atoms with van der Waals surface area (Å²) < 4.78 is 18.7. The molecule has 5 heteroatoms. The maximum atomic E-state index is 13.6. The molecular weight excluding hydrogens is 233 g/mol. The molecule has 1 N–H and O–H groups in total. The van der Waals surface area contributed by atoms with Crippen LogP contribution in [-0.2, 0) is 6.54 Å². The standard InChI is InChI=1S/C13H14FN3O/c1-8-2-5-11(14)10(6-8)13-16-12(17-18-13)7-15-9-3-4-9/h2,5-6,9,15H,3-4,7H2,1H3. The predicted octanol–water partition coefficient (Wildman–Crippen LogP) is 2.44. The van der Waals surface area contributed by atoms with Crippen LogP contribution in [0.25, 0.3) is 11.5 Å². The predicted molar refractivity (Wildman–Crippen MR) is 64.3 cm³/mol. The molecule has 0 spiro atoms. The van der Waals surface area contributed by atoms with Gasteiger partial charge in [0.1, 0.15) is 5.82 Å². The van der Waals surface area contributed by atoms with E-state index < -0.39 is 0 Å². The number of nitrogens with one attached hydrogen (secondary N) is 1. The summed E-state index contributed by atoms with van der Waals surface area (Å²) in [6.45, 7) is 2.47. The molecule has 1 fully saturated rings. The summed E-state index contributed by atoms with van der Waals surface area (Å²) >= 11 is 0. The van der Waals surface area contributed by atoms with Gasteiger partial charge in [-0.25, -0.2) is 4.39 Å². The highest BCUT2D eigenvalue weighted by atomic mass is 19.1. The molecule has 94 valence electrons. The van der Waals surface area contributed by atoms with Gasteiger partial charge in [0.25, 0.3) is 5.89 Å². The number of halogens is 1. The lowest BCUT2D eigenvalue weighted by Gasteiger charge is -1.98. The van der Waals surface area contributed by atoms with E-state index in [0.717, 1.165) is 5.56 Å². The molecule has 1 aromatic carbocycles. The van der Waals surface area contributed by atoms with Crippen LogP contribution in [0, 0.1) is 12.7 Å². The molecule has 1 aliphatic carbocycles. The summed E-state index contributed by atoms with van der Waals surface area (Å²) in [4.78, 5) is 4.20. The number of rotatable bonds is 4. The molecular formula is C13H14FN3O. The van der Waals surface area contributed by atoms with E-state index in [0.29, 0.717) is 24.0 Å². The van der Waals surface area contributed by atoms with E-state index in [9.17, 15) is 4.39 Å². The zero-order valence-corrected chi connectivity index (χ0v) is 10.1. The van der Waals surface area contributed by atoms with Gasteiger partial charge >= 0.3 is 0 Å². The summed E-state index contributed by atoms with van der Waals surface area (Å²) in [5, 5.41) is 7.13. The third-order valence-electron chi connectivity index (χ3n) is 2.95. The normalized spacial score (nSPS) is 15.0. The van der Waals surface area contributed by atoms with Crippen LogP contribution in [0.5, 0.6) is 0 Å². The summed E-state index contributed by atoms with van der Waals surface area (Å²) in [5.74, 6) is 0.465.